The van der Waals surface area contributed by atoms with Crippen LogP contribution in [-0.4, -0.2) is 30.9 Å². The van der Waals surface area contributed by atoms with Crippen LogP contribution < -0.4 is 11.1 Å². The predicted octanol–water partition coefficient (Wildman–Crippen LogP) is 4.65. The van der Waals surface area contributed by atoms with E-state index in [0.29, 0.717) is 23.5 Å². The number of rotatable bonds is 6. The first-order valence-corrected chi connectivity index (χ1v) is 10.5. The molecule has 7 heteroatoms. The third-order valence-electron chi connectivity index (χ3n) is 5.40. The van der Waals surface area contributed by atoms with Crippen LogP contribution in [0.25, 0.3) is 28.4 Å². The van der Waals surface area contributed by atoms with Gasteiger partial charge >= 0.3 is 0 Å². The summed E-state index contributed by atoms with van der Waals surface area (Å²) in [6, 6.07) is 24.1. The zero-order valence-corrected chi connectivity index (χ0v) is 17.7. The number of aromatic nitrogens is 5. The maximum absolute atomic E-state index is 5.90. The Morgan fingerprint density at radius 3 is 2.44 bits per heavy atom. The normalized spacial score (nSPS) is 12.0. The quantitative estimate of drug-likeness (QED) is 0.414. The minimum atomic E-state index is 0.325. The van der Waals surface area contributed by atoms with Crippen molar-refractivity contribution < 1.29 is 0 Å². The van der Waals surface area contributed by atoms with Crippen LogP contribution in [0.4, 0.5) is 11.8 Å². The van der Waals surface area contributed by atoms with Crippen LogP contribution in [0.3, 0.4) is 0 Å². The van der Waals surface area contributed by atoms with Crippen molar-refractivity contribution in [3.63, 3.8) is 0 Å². The number of fused-ring (bicyclic) bond motifs is 1. The van der Waals surface area contributed by atoms with E-state index in [9.17, 15) is 0 Å². The van der Waals surface area contributed by atoms with E-state index in [1.165, 1.54) is 5.56 Å². The first-order valence-electron chi connectivity index (χ1n) is 10.5. The van der Waals surface area contributed by atoms with Crippen molar-refractivity contribution in [1.82, 2.24) is 24.3 Å². The molecule has 0 aliphatic heterocycles. The van der Waals surface area contributed by atoms with Gasteiger partial charge in [-0.3, -0.25) is 4.40 Å². The summed E-state index contributed by atoms with van der Waals surface area (Å²) in [4.78, 5) is 18.4. The molecule has 5 aromatic rings. The maximum atomic E-state index is 5.90. The van der Waals surface area contributed by atoms with Crippen LogP contribution >= 0.6 is 0 Å². The number of nitrogens with zero attached hydrogens (tertiary/aromatic N) is 5. The maximum Gasteiger partial charge on any atom is 0.236 e. The highest BCUT2D eigenvalue weighted by molar-refractivity contribution is 5.80. The molecule has 0 fully saturated rings. The lowest BCUT2D eigenvalue weighted by molar-refractivity contribution is 0.797. The monoisotopic (exact) mass is 421 g/mol. The molecule has 158 valence electrons. The molecule has 5 rings (SSSR count). The van der Waals surface area contributed by atoms with Crippen molar-refractivity contribution in [1.29, 1.82) is 0 Å². The number of benzene rings is 2. The molecule has 7 nitrogen and oxygen atoms in total. The molecule has 1 unspecified atom stereocenters. The highest BCUT2D eigenvalue weighted by atomic mass is 15.1. The number of nitrogens with two attached hydrogens (primary N) is 1. The van der Waals surface area contributed by atoms with E-state index in [2.05, 4.69) is 46.5 Å². The Labute approximate surface area is 186 Å². The van der Waals surface area contributed by atoms with Gasteiger partial charge in [0.15, 0.2) is 0 Å². The van der Waals surface area contributed by atoms with E-state index >= 15 is 0 Å². The molecule has 3 N–H and O–H groups in total. The average Bonchev–Trinajstić information content (AvgIpc) is 3.22. The lowest BCUT2D eigenvalue weighted by Gasteiger charge is -2.13. The first-order chi connectivity index (χ1) is 15.7. The van der Waals surface area contributed by atoms with Gasteiger partial charge < -0.3 is 11.1 Å². The van der Waals surface area contributed by atoms with Gasteiger partial charge in [0.1, 0.15) is 17.2 Å². The Kier molecular flexibility index (Phi) is 5.21. The van der Waals surface area contributed by atoms with Crippen molar-refractivity contribution in [2.75, 3.05) is 17.6 Å². The zero-order valence-electron chi connectivity index (χ0n) is 17.7. The number of imidazole rings is 1. The lowest BCUT2D eigenvalue weighted by Crippen LogP contribution is -2.12. The molecule has 0 saturated heterocycles. The van der Waals surface area contributed by atoms with Crippen LogP contribution in [0.15, 0.2) is 85.2 Å². The highest BCUT2D eigenvalue weighted by Gasteiger charge is 2.18. The summed E-state index contributed by atoms with van der Waals surface area (Å²) in [5.41, 5.74) is 10.6. The SMILES string of the molecule is CC(CNc1nccc(-c2c(-c3ccccc3)nc3nc(N)ccn23)n1)c1ccccc1. The molecular weight excluding hydrogens is 398 g/mol. The van der Waals surface area contributed by atoms with Crippen LogP contribution in [0, 0.1) is 0 Å². The Morgan fingerprint density at radius 2 is 1.66 bits per heavy atom. The Morgan fingerprint density at radius 1 is 0.906 bits per heavy atom. The second-order valence-electron chi connectivity index (χ2n) is 7.66. The molecule has 3 aromatic heterocycles. The fourth-order valence-corrected chi connectivity index (χ4v) is 3.71. The summed E-state index contributed by atoms with van der Waals surface area (Å²) in [5, 5.41) is 3.37. The highest BCUT2D eigenvalue weighted by Crippen LogP contribution is 2.31. The summed E-state index contributed by atoms with van der Waals surface area (Å²) in [5.74, 6) is 1.85. The predicted molar refractivity (Wildman–Crippen MR) is 127 cm³/mol. The second-order valence-corrected chi connectivity index (χ2v) is 7.66. The molecule has 0 aliphatic rings. The van der Waals surface area contributed by atoms with Crippen molar-refractivity contribution in [3.8, 4) is 22.6 Å². The molecule has 0 saturated carbocycles. The number of hydrogen-bond acceptors (Lipinski definition) is 6. The van der Waals surface area contributed by atoms with E-state index in [-0.39, 0.29) is 0 Å². The van der Waals surface area contributed by atoms with Gasteiger partial charge in [0.25, 0.3) is 0 Å². The fraction of sp³-hybridized carbons (Fsp3) is 0.120. The van der Waals surface area contributed by atoms with Gasteiger partial charge in [-0.05, 0) is 23.6 Å². The Balaban J connectivity index is 1.52. The second kappa shape index (κ2) is 8.47. The van der Waals surface area contributed by atoms with E-state index in [4.69, 9.17) is 15.7 Å². The molecule has 0 bridgehead atoms. The molecule has 0 radical (unpaired) electrons. The number of hydrogen-bond donors (Lipinski definition) is 2. The van der Waals surface area contributed by atoms with Gasteiger partial charge in [-0.25, -0.2) is 15.0 Å². The van der Waals surface area contributed by atoms with Gasteiger partial charge in [-0.2, -0.15) is 4.98 Å². The average molecular weight is 422 g/mol. The summed E-state index contributed by atoms with van der Waals surface area (Å²) in [6.45, 7) is 2.91. The van der Waals surface area contributed by atoms with Crippen LogP contribution in [0.2, 0.25) is 0 Å². The summed E-state index contributed by atoms with van der Waals surface area (Å²) < 4.78 is 1.91. The number of nitrogens with one attached hydrogen (secondary N) is 1. The van der Waals surface area contributed by atoms with Crippen molar-refractivity contribution in [3.05, 3.63) is 90.8 Å². The van der Waals surface area contributed by atoms with E-state index in [1.54, 1.807) is 12.3 Å². The third-order valence-corrected chi connectivity index (χ3v) is 5.40. The molecular formula is C25H23N7. The fourth-order valence-electron chi connectivity index (χ4n) is 3.71. The Hall–Kier alpha value is -4.26. The molecule has 0 spiro atoms. The summed E-state index contributed by atoms with van der Waals surface area (Å²) in [6.07, 6.45) is 3.63. The molecule has 0 amide bonds. The summed E-state index contributed by atoms with van der Waals surface area (Å²) >= 11 is 0. The van der Waals surface area contributed by atoms with Crippen molar-refractivity contribution in [2.45, 2.75) is 12.8 Å². The molecule has 2 aromatic carbocycles. The van der Waals surface area contributed by atoms with Gasteiger partial charge in [-0.15, -0.1) is 0 Å². The minimum absolute atomic E-state index is 0.325. The molecule has 1 atom stereocenters. The van der Waals surface area contributed by atoms with Gasteiger partial charge in [-0.1, -0.05) is 67.6 Å². The zero-order chi connectivity index (χ0) is 21.9. The van der Waals surface area contributed by atoms with E-state index < -0.39 is 0 Å². The number of anilines is 2. The molecule has 3 heterocycles. The third kappa shape index (κ3) is 3.88. The van der Waals surface area contributed by atoms with Gasteiger partial charge in [0, 0.05) is 24.5 Å². The van der Waals surface area contributed by atoms with E-state index in [1.807, 2.05) is 53.1 Å². The lowest BCUT2D eigenvalue weighted by atomic mass is 10.0. The van der Waals surface area contributed by atoms with Crippen LogP contribution in [0.5, 0.6) is 0 Å². The summed E-state index contributed by atoms with van der Waals surface area (Å²) in [7, 11) is 0. The first kappa shape index (κ1) is 19.7. The molecule has 32 heavy (non-hydrogen) atoms. The largest absolute Gasteiger partial charge is 0.384 e. The van der Waals surface area contributed by atoms with Crippen LogP contribution in [0.1, 0.15) is 18.4 Å². The van der Waals surface area contributed by atoms with Gasteiger partial charge in [0.05, 0.1) is 5.69 Å². The number of nitrogen functional groups attached to an aromatic ring is 1. The van der Waals surface area contributed by atoms with Crippen molar-refractivity contribution >= 4 is 17.5 Å². The standard InChI is InChI=1S/C25H23N7/c1-17(18-8-4-2-5-9-18)16-28-24-27-14-12-20(29-24)23-22(19-10-6-3-7-11-19)31-25-30-21(26)13-15-32(23)25/h2-15,17H,16H2,1H3,(H2,26,30,31)(H,27,28,29). The van der Waals surface area contributed by atoms with E-state index in [0.717, 1.165) is 29.2 Å². The Bertz CT molecular complexity index is 1350. The molecule has 0 aliphatic carbocycles. The van der Waals surface area contributed by atoms with Crippen LogP contribution in [-0.2, 0) is 0 Å². The van der Waals surface area contributed by atoms with Gasteiger partial charge in [0.2, 0.25) is 11.7 Å². The van der Waals surface area contributed by atoms with Crippen molar-refractivity contribution in [2.24, 2.45) is 0 Å². The smallest absolute Gasteiger partial charge is 0.236 e. The minimum Gasteiger partial charge on any atom is -0.384 e. The topological polar surface area (TPSA) is 94.0 Å².